The highest BCUT2D eigenvalue weighted by Gasteiger charge is 2.48. The first-order chi connectivity index (χ1) is 17.0. The van der Waals surface area contributed by atoms with Gasteiger partial charge in [-0.25, -0.2) is 8.42 Å². The van der Waals surface area contributed by atoms with Gasteiger partial charge in [0.25, 0.3) is 0 Å². The van der Waals surface area contributed by atoms with Crippen molar-refractivity contribution >= 4 is 25.8 Å². The van der Waals surface area contributed by atoms with Crippen LogP contribution in [0.25, 0.3) is 0 Å². The molecule has 1 N–H and O–H groups in total. The monoisotopic (exact) mass is 581 g/mol. The molecule has 0 heterocycles. The summed E-state index contributed by atoms with van der Waals surface area (Å²) in [5, 5.41) is 3.52. The van der Waals surface area contributed by atoms with Gasteiger partial charge in [-0.15, -0.1) is 0 Å². The highest BCUT2D eigenvalue weighted by molar-refractivity contribution is 9.10. The van der Waals surface area contributed by atoms with E-state index in [0.29, 0.717) is 37.8 Å². The van der Waals surface area contributed by atoms with Crippen LogP contribution < -0.4 is 10.1 Å². The predicted octanol–water partition coefficient (Wildman–Crippen LogP) is 6.88. The van der Waals surface area contributed by atoms with Gasteiger partial charge in [-0.3, -0.25) is 0 Å². The summed E-state index contributed by atoms with van der Waals surface area (Å²) >= 11 is 3.40. The van der Waals surface area contributed by atoms with Crippen LogP contribution >= 0.6 is 15.9 Å². The summed E-state index contributed by atoms with van der Waals surface area (Å²) in [6, 6.07) is 18.9. The van der Waals surface area contributed by atoms with E-state index in [0.717, 1.165) is 40.1 Å². The lowest BCUT2D eigenvalue weighted by Gasteiger charge is -2.40. The molecule has 4 rings (SSSR count). The Morgan fingerprint density at radius 3 is 2.06 bits per heavy atom. The molecule has 192 valence electrons. The van der Waals surface area contributed by atoms with Gasteiger partial charge < -0.3 is 10.1 Å². The summed E-state index contributed by atoms with van der Waals surface area (Å²) < 4.78 is 71.9. The Labute approximate surface area is 217 Å². The van der Waals surface area contributed by atoms with E-state index in [1.165, 1.54) is 0 Å². The van der Waals surface area contributed by atoms with Gasteiger partial charge in [-0.1, -0.05) is 40.2 Å². The minimum Gasteiger partial charge on any atom is -0.497 e. The molecule has 0 bridgehead atoms. The third-order valence-corrected chi connectivity index (χ3v) is 10.0. The molecule has 9 heteroatoms. The number of benzene rings is 3. The Morgan fingerprint density at radius 1 is 0.944 bits per heavy atom. The average Bonchev–Trinajstić information content (AvgIpc) is 2.88. The van der Waals surface area contributed by atoms with Gasteiger partial charge in [0.1, 0.15) is 10.5 Å². The van der Waals surface area contributed by atoms with E-state index in [1.54, 1.807) is 31.4 Å². The maximum Gasteiger partial charge on any atom is 0.416 e. The number of methoxy groups -OCH3 is 1. The third kappa shape index (κ3) is 5.48. The Balaban J connectivity index is 1.57. The molecule has 0 atom stereocenters. The van der Waals surface area contributed by atoms with Crippen LogP contribution in [0.15, 0.2) is 82.2 Å². The number of ether oxygens (including phenoxy) is 1. The van der Waals surface area contributed by atoms with Crippen molar-refractivity contribution in [2.24, 2.45) is 0 Å². The highest BCUT2D eigenvalue weighted by atomic mass is 79.9. The number of hydrogen-bond donors (Lipinski definition) is 1. The molecule has 1 aliphatic rings. The van der Waals surface area contributed by atoms with E-state index in [-0.39, 0.29) is 10.9 Å². The van der Waals surface area contributed by atoms with E-state index in [4.69, 9.17) is 4.74 Å². The summed E-state index contributed by atoms with van der Waals surface area (Å²) in [6.07, 6.45) is -2.58. The topological polar surface area (TPSA) is 55.4 Å². The molecule has 0 spiro atoms. The van der Waals surface area contributed by atoms with E-state index in [9.17, 15) is 21.6 Å². The number of halogens is 4. The third-order valence-electron chi connectivity index (χ3n) is 6.92. The second-order valence-corrected chi connectivity index (χ2v) is 12.2. The number of sulfone groups is 1. The fraction of sp³-hybridized carbons (Fsp3) is 0.333. The highest BCUT2D eigenvalue weighted by Crippen LogP contribution is 2.47. The fourth-order valence-electron chi connectivity index (χ4n) is 4.81. The molecule has 0 saturated heterocycles. The number of rotatable bonds is 7. The van der Waals surface area contributed by atoms with Crippen LogP contribution in [-0.2, 0) is 27.3 Å². The second-order valence-electron chi connectivity index (χ2n) is 9.03. The van der Waals surface area contributed by atoms with E-state index in [1.807, 2.05) is 24.3 Å². The van der Waals surface area contributed by atoms with Gasteiger partial charge in [0.15, 0.2) is 9.84 Å². The zero-order valence-electron chi connectivity index (χ0n) is 19.7. The first kappa shape index (κ1) is 26.7. The molecule has 0 radical (unpaired) electrons. The van der Waals surface area contributed by atoms with Gasteiger partial charge in [-0.2, -0.15) is 13.2 Å². The van der Waals surface area contributed by atoms with Crippen LogP contribution in [0.2, 0.25) is 0 Å². The molecular formula is C27H27BrF3NO3S. The van der Waals surface area contributed by atoms with Crippen LogP contribution in [0.4, 0.5) is 13.2 Å². The number of hydrogen-bond acceptors (Lipinski definition) is 4. The Kier molecular flexibility index (Phi) is 7.83. The molecule has 36 heavy (non-hydrogen) atoms. The summed E-state index contributed by atoms with van der Waals surface area (Å²) in [5.74, 6) is 0.782. The van der Waals surface area contributed by atoms with E-state index >= 15 is 0 Å². The van der Waals surface area contributed by atoms with Crippen LogP contribution in [0.1, 0.15) is 42.4 Å². The normalized spacial score (nSPS) is 20.8. The predicted molar refractivity (Wildman–Crippen MR) is 137 cm³/mol. The summed E-state index contributed by atoms with van der Waals surface area (Å²) in [4.78, 5) is -0.0944. The van der Waals surface area contributed by atoms with Crippen molar-refractivity contribution in [1.82, 2.24) is 5.32 Å². The minimum absolute atomic E-state index is 0.0944. The molecule has 0 unspecified atom stereocenters. The molecule has 0 amide bonds. The number of alkyl halides is 3. The zero-order chi connectivity index (χ0) is 26.0. The average molecular weight is 582 g/mol. The SMILES string of the molecule is COc1ccc(CN[C@H]2CC[C@](c3ccc(Br)cc3)(S(=O)(=O)c3ccc(C(F)(F)F)cc3)CC2)cc1. The van der Waals surface area contributed by atoms with Crippen molar-refractivity contribution in [2.75, 3.05) is 7.11 Å². The van der Waals surface area contributed by atoms with Crippen molar-refractivity contribution < 1.29 is 26.3 Å². The molecule has 1 fully saturated rings. The Bertz CT molecular complexity index is 1270. The summed E-state index contributed by atoms with van der Waals surface area (Å²) in [5.41, 5.74) is 0.878. The molecule has 4 nitrogen and oxygen atoms in total. The molecule has 3 aromatic carbocycles. The quantitative estimate of drug-likeness (QED) is 0.330. The van der Waals surface area contributed by atoms with Gasteiger partial charge >= 0.3 is 6.18 Å². The smallest absolute Gasteiger partial charge is 0.416 e. The number of nitrogens with one attached hydrogen (secondary N) is 1. The van der Waals surface area contributed by atoms with Gasteiger partial charge in [-0.05, 0) is 85.3 Å². The zero-order valence-corrected chi connectivity index (χ0v) is 22.1. The van der Waals surface area contributed by atoms with Crippen molar-refractivity contribution in [1.29, 1.82) is 0 Å². The molecular weight excluding hydrogens is 555 g/mol. The summed E-state index contributed by atoms with van der Waals surface area (Å²) in [7, 11) is -2.36. The lowest BCUT2D eigenvalue weighted by Crippen LogP contribution is -2.44. The van der Waals surface area contributed by atoms with Crippen LogP contribution in [0, 0.1) is 0 Å². The van der Waals surface area contributed by atoms with Crippen LogP contribution in [-0.4, -0.2) is 21.6 Å². The first-order valence-electron chi connectivity index (χ1n) is 11.6. The molecule has 0 aliphatic heterocycles. The van der Waals surface area contributed by atoms with Gasteiger partial charge in [0.05, 0.1) is 17.6 Å². The van der Waals surface area contributed by atoms with Gasteiger partial charge in [0, 0.05) is 17.1 Å². The maximum absolute atomic E-state index is 14.0. The van der Waals surface area contributed by atoms with Crippen molar-refractivity contribution in [2.45, 2.75) is 54.1 Å². The fourth-order valence-corrected chi connectivity index (χ4v) is 7.24. The van der Waals surface area contributed by atoms with E-state index < -0.39 is 26.3 Å². The minimum atomic E-state index is -4.53. The lowest BCUT2D eigenvalue weighted by molar-refractivity contribution is -0.137. The van der Waals surface area contributed by atoms with Crippen molar-refractivity contribution in [3.8, 4) is 5.75 Å². The van der Waals surface area contributed by atoms with E-state index in [2.05, 4.69) is 21.2 Å². The largest absolute Gasteiger partial charge is 0.497 e. The van der Waals surface area contributed by atoms with Gasteiger partial charge in [0.2, 0.25) is 0 Å². The van der Waals surface area contributed by atoms with Crippen LogP contribution in [0.3, 0.4) is 0 Å². The second kappa shape index (κ2) is 10.6. The van der Waals surface area contributed by atoms with Crippen molar-refractivity contribution in [3.05, 3.63) is 94.0 Å². The standard InChI is InChI=1S/C27H27BrF3NO3S/c1-35-24-10-2-19(3-11-24)18-32-23-14-16-26(17-15-23,20-4-8-22(28)9-5-20)36(33,34)25-12-6-21(7-13-25)27(29,30)31/h2-13,23,32H,14-18H2,1H3/t23-,26-. The lowest BCUT2D eigenvalue weighted by atomic mass is 9.80. The first-order valence-corrected chi connectivity index (χ1v) is 13.9. The molecule has 0 aromatic heterocycles. The molecule has 1 saturated carbocycles. The molecule has 3 aromatic rings. The Hall–Kier alpha value is -2.36. The Morgan fingerprint density at radius 2 is 1.53 bits per heavy atom. The molecule has 1 aliphatic carbocycles. The summed E-state index contributed by atoms with van der Waals surface area (Å²) in [6.45, 7) is 0.644. The maximum atomic E-state index is 14.0. The van der Waals surface area contributed by atoms with Crippen molar-refractivity contribution in [3.63, 3.8) is 0 Å². The van der Waals surface area contributed by atoms with Crippen LogP contribution in [0.5, 0.6) is 5.75 Å².